The lowest BCUT2D eigenvalue weighted by Crippen LogP contribution is -2.08. The molecule has 0 amide bonds. The molecule has 0 atom stereocenters. The number of benzene rings is 1. The first kappa shape index (κ1) is 17.3. The number of aliphatic hydroxyl groups excluding tert-OH is 1. The van der Waals surface area contributed by atoms with E-state index in [2.05, 4.69) is 22.5 Å². The van der Waals surface area contributed by atoms with Crippen LogP contribution in [0.4, 0.5) is 0 Å². The van der Waals surface area contributed by atoms with Gasteiger partial charge in [-0.1, -0.05) is 25.1 Å². The molecule has 0 fully saturated rings. The molecule has 2 N–H and O–H groups in total. The van der Waals surface area contributed by atoms with Gasteiger partial charge in [-0.25, -0.2) is 0 Å². The number of aromatic hydroxyl groups is 1. The number of phenolic OH excluding ortho intramolecular Hbond substituents is 1. The van der Waals surface area contributed by atoms with Gasteiger partial charge >= 0.3 is 0 Å². The first-order valence-corrected chi connectivity index (χ1v) is 9.70. The van der Waals surface area contributed by atoms with Crippen molar-refractivity contribution in [1.82, 2.24) is 0 Å². The zero-order chi connectivity index (χ0) is 17.1. The molecule has 2 nitrogen and oxygen atoms in total. The molecule has 2 aliphatic rings. The molecule has 128 valence electrons. The molecule has 1 aromatic rings. The van der Waals surface area contributed by atoms with Crippen LogP contribution in [0.5, 0.6) is 5.75 Å². The van der Waals surface area contributed by atoms with Crippen molar-refractivity contribution in [1.29, 1.82) is 0 Å². The molecule has 0 bridgehead atoms. The largest absolute Gasteiger partial charge is 0.507 e. The van der Waals surface area contributed by atoms with Gasteiger partial charge in [-0.05, 0) is 90.1 Å². The molecule has 3 heteroatoms. The lowest BCUT2D eigenvalue weighted by atomic mass is 9.82. The quantitative estimate of drug-likeness (QED) is 0.588. The number of hydrogen-bond donors (Lipinski definition) is 2. The Hall–Kier alpha value is -1.48. The van der Waals surface area contributed by atoms with Crippen LogP contribution in [0.15, 0.2) is 40.6 Å². The number of fused-ring (bicyclic) bond motifs is 1. The number of phenols is 1. The van der Waals surface area contributed by atoms with Gasteiger partial charge in [0.05, 0.1) is 4.48 Å². The summed E-state index contributed by atoms with van der Waals surface area (Å²) in [6.45, 7) is 4.24. The van der Waals surface area contributed by atoms with Gasteiger partial charge in [-0.2, -0.15) is 0 Å². The summed E-state index contributed by atoms with van der Waals surface area (Å²) in [4.78, 5) is 0. The van der Waals surface area contributed by atoms with Gasteiger partial charge in [0.25, 0.3) is 0 Å². The van der Waals surface area contributed by atoms with Crippen molar-refractivity contribution in [2.24, 2.45) is 0 Å². The summed E-state index contributed by atoms with van der Waals surface area (Å²) in [5.74, 6) is 0.451. The molecular weight excluding hydrogens is 364 g/mol. The van der Waals surface area contributed by atoms with E-state index in [9.17, 15) is 10.2 Å². The Morgan fingerprint density at radius 3 is 2.50 bits per heavy atom. The first-order chi connectivity index (χ1) is 11.6. The average molecular weight is 389 g/mol. The number of hydrogen-bond acceptors (Lipinski definition) is 2. The lowest BCUT2D eigenvalue weighted by Gasteiger charge is -2.24. The van der Waals surface area contributed by atoms with Crippen molar-refractivity contribution in [3.05, 3.63) is 57.3 Å². The fourth-order valence-electron chi connectivity index (χ4n) is 3.79. The lowest BCUT2D eigenvalue weighted by molar-refractivity contribution is 0.430. The Balaban J connectivity index is 2.21. The molecule has 0 aliphatic heterocycles. The van der Waals surface area contributed by atoms with Crippen LogP contribution in [0.25, 0.3) is 5.57 Å². The Bertz CT molecular complexity index is 713. The Labute approximate surface area is 152 Å². The topological polar surface area (TPSA) is 40.5 Å². The third kappa shape index (κ3) is 3.46. The van der Waals surface area contributed by atoms with Crippen LogP contribution >= 0.6 is 15.9 Å². The minimum absolute atomic E-state index is 0.205. The maximum Gasteiger partial charge on any atom is 0.137 e. The number of allylic oxidation sites excluding steroid dienone is 4. The minimum atomic E-state index is 0.205. The SMILES string of the molecule is C=C1CCCCC/C=C(Br)\C(O)=C/1c1c(O)ccc2c1CCCC2. The van der Waals surface area contributed by atoms with Crippen molar-refractivity contribution in [2.75, 3.05) is 0 Å². The zero-order valence-corrected chi connectivity index (χ0v) is 15.7. The standard InChI is InChI=1S/C21H25BrO2/c1-14-8-4-2-3-5-11-17(22)21(24)19(14)20-16-10-7-6-9-15(16)12-13-18(20)23/h11-13,23-24H,1-10H2/b17-11+,21-19-. The van der Waals surface area contributed by atoms with Crippen molar-refractivity contribution in [2.45, 2.75) is 57.8 Å². The smallest absolute Gasteiger partial charge is 0.137 e. The van der Waals surface area contributed by atoms with E-state index < -0.39 is 0 Å². The van der Waals surface area contributed by atoms with Gasteiger partial charge in [0, 0.05) is 11.1 Å². The Kier molecular flexibility index (Phi) is 5.50. The van der Waals surface area contributed by atoms with Crippen molar-refractivity contribution < 1.29 is 10.2 Å². The number of rotatable bonds is 1. The molecule has 1 aromatic carbocycles. The zero-order valence-electron chi connectivity index (χ0n) is 14.1. The molecule has 0 saturated heterocycles. The van der Waals surface area contributed by atoms with E-state index in [1.807, 2.05) is 12.1 Å². The fourth-order valence-corrected chi connectivity index (χ4v) is 4.21. The molecule has 0 unspecified atom stereocenters. The monoisotopic (exact) mass is 388 g/mol. The third-order valence-electron chi connectivity index (χ3n) is 5.08. The summed E-state index contributed by atoms with van der Waals surface area (Å²) in [7, 11) is 0. The van der Waals surface area contributed by atoms with Crippen molar-refractivity contribution >= 4 is 21.5 Å². The average Bonchev–Trinajstić information content (AvgIpc) is 2.59. The van der Waals surface area contributed by atoms with Crippen LogP contribution < -0.4 is 0 Å². The van der Waals surface area contributed by atoms with E-state index in [0.29, 0.717) is 4.48 Å². The van der Waals surface area contributed by atoms with Crippen molar-refractivity contribution in [3.8, 4) is 5.75 Å². The van der Waals surface area contributed by atoms with E-state index in [4.69, 9.17) is 0 Å². The van der Waals surface area contributed by atoms with Crippen LogP contribution in [0, 0.1) is 0 Å². The maximum atomic E-state index is 10.9. The summed E-state index contributed by atoms with van der Waals surface area (Å²) in [5.41, 5.74) is 4.89. The van der Waals surface area contributed by atoms with Gasteiger partial charge in [0.15, 0.2) is 0 Å². The first-order valence-electron chi connectivity index (χ1n) is 8.91. The molecule has 0 aromatic heterocycles. The predicted octanol–water partition coefficient (Wildman–Crippen LogP) is 6.34. The summed E-state index contributed by atoms with van der Waals surface area (Å²) >= 11 is 3.51. The number of aliphatic hydroxyl groups is 1. The molecule has 2 aliphatic carbocycles. The van der Waals surface area contributed by atoms with E-state index in [-0.39, 0.29) is 11.5 Å². The van der Waals surface area contributed by atoms with E-state index in [1.165, 1.54) is 17.5 Å². The van der Waals surface area contributed by atoms with E-state index >= 15 is 0 Å². The predicted molar refractivity (Wildman–Crippen MR) is 104 cm³/mol. The van der Waals surface area contributed by atoms with Crippen LogP contribution in [-0.2, 0) is 12.8 Å². The fraction of sp³-hybridized carbons (Fsp3) is 0.429. The molecule has 0 heterocycles. The highest BCUT2D eigenvalue weighted by molar-refractivity contribution is 9.12. The summed E-state index contributed by atoms with van der Waals surface area (Å²) in [6, 6.07) is 3.79. The van der Waals surface area contributed by atoms with Gasteiger partial charge in [-0.3, -0.25) is 0 Å². The molecular formula is C21H25BrO2. The Morgan fingerprint density at radius 1 is 0.917 bits per heavy atom. The van der Waals surface area contributed by atoms with Gasteiger partial charge in [0.2, 0.25) is 0 Å². The second kappa shape index (κ2) is 7.60. The van der Waals surface area contributed by atoms with Crippen LogP contribution in [0.2, 0.25) is 0 Å². The highest BCUT2D eigenvalue weighted by Gasteiger charge is 2.24. The van der Waals surface area contributed by atoms with Gasteiger partial charge in [0.1, 0.15) is 11.5 Å². The summed E-state index contributed by atoms with van der Waals surface area (Å²) in [6.07, 6.45) is 11.5. The molecule has 0 radical (unpaired) electrons. The highest BCUT2D eigenvalue weighted by Crippen LogP contribution is 2.42. The normalized spacial score (nSPS) is 24.9. The minimum Gasteiger partial charge on any atom is -0.507 e. The third-order valence-corrected chi connectivity index (χ3v) is 5.78. The maximum absolute atomic E-state index is 10.9. The molecule has 0 spiro atoms. The summed E-state index contributed by atoms with van der Waals surface area (Å²) in [5, 5.41) is 21.5. The van der Waals surface area contributed by atoms with Crippen LogP contribution in [-0.4, -0.2) is 10.2 Å². The molecule has 0 saturated carbocycles. The number of halogens is 1. The van der Waals surface area contributed by atoms with E-state index in [0.717, 1.165) is 68.1 Å². The van der Waals surface area contributed by atoms with E-state index in [1.54, 1.807) is 6.07 Å². The summed E-state index contributed by atoms with van der Waals surface area (Å²) < 4.78 is 0.702. The molecule has 3 rings (SSSR count). The van der Waals surface area contributed by atoms with Crippen LogP contribution in [0.3, 0.4) is 0 Å². The second-order valence-corrected chi connectivity index (χ2v) is 7.64. The van der Waals surface area contributed by atoms with Gasteiger partial charge in [-0.15, -0.1) is 0 Å². The highest BCUT2D eigenvalue weighted by atomic mass is 79.9. The Morgan fingerprint density at radius 2 is 1.67 bits per heavy atom. The second-order valence-electron chi connectivity index (χ2n) is 6.78. The molecule has 24 heavy (non-hydrogen) atoms. The van der Waals surface area contributed by atoms with Crippen molar-refractivity contribution in [3.63, 3.8) is 0 Å². The van der Waals surface area contributed by atoms with Gasteiger partial charge < -0.3 is 10.2 Å². The number of aryl methyl sites for hydroxylation is 1. The van der Waals surface area contributed by atoms with Crippen LogP contribution in [0.1, 0.15) is 61.6 Å².